The van der Waals surface area contributed by atoms with Gasteiger partial charge in [-0.2, -0.15) is 0 Å². The monoisotopic (exact) mass is 430 g/mol. The molecule has 0 spiro atoms. The standard InChI is InChI=1S/C14H9Br2ClN2O2/c15-9-5-7(6-10(16)12(9)20)14-18-13(19-21-14)8-3-1-2-4-11(8)17/h1-6,14,20H,(H,18,19)/t14-/m1/s1. The lowest BCUT2D eigenvalue weighted by Crippen LogP contribution is -2.18. The highest BCUT2D eigenvalue weighted by Gasteiger charge is 2.23. The number of aliphatic imine (C=N–C) groups is 1. The minimum absolute atomic E-state index is 0.139. The fraction of sp³-hybridized carbons (Fsp3) is 0.0714. The number of nitrogens with one attached hydrogen (secondary N) is 1. The molecule has 0 aromatic heterocycles. The Morgan fingerprint density at radius 3 is 2.52 bits per heavy atom. The number of hydrogen-bond donors (Lipinski definition) is 2. The zero-order chi connectivity index (χ0) is 15.0. The third-order valence-corrected chi connectivity index (χ3v) is 4.51. The third kappa shape index (κ3) is 2.94. The van der Waals surface area contributed by atoms with Crippen LogP contribution in [0, 0.1) is 0 Å². The molecule has 1 heterocycles. The number of hydrogen-bond acceptors (Lipinski definition) is 4. The molecule has 0 unspecified atom stereocenters. The van der Waals surface area contributed by atoms with Crippen LogP contribution in [0.3, 0.4) is 0 Å². The molecular formula is C14H9Br2ClN2O2. The van der Waals surface area contributed by atoms with E-state index >= 15 is 0 Å². The number of phenolic OH excluding ortho intramolecular Hbond substituents is 1. The Morgan fingerprint density at radius 1 is 1.19 bits per heavy atom. The lowest BCUT2D eigenvalue weighted by molar-refractivity contribution is 0.0376. The van der Waals surface area contributed by atoms with E-state index in [2.05, 4.69) is 42.3 Å². The SMILES string of the molecule is Oc1c(Br)cc([C@@H]2N=C(c3ccccc3Cl)NO2)cc1Br. The zero-order valence-electron chi connectivity index (χ0n) is 10.5. The summed E-state index contributed by atoms with van der Waals surface area (Å²) in [6.07, 6.45) is -0.510. The van der Waals surface area contributed by atoms with Crippen LogP contribution in [0.5, 0.6) is 5.75 Å². The summed E-state index contributed by atoms with van der Waals surface area (Å²) < 4.78 is 1.13. The Balaban J connectivity index is 1.95. The Labute approximate surface area is 143 Å². The van der Waals surface area contributed by atoms with Gasteiger partial charge in [0.15, 0.2) is 5.84 Å². The van der Waals surface area contributed by atoms with Crippen LogP contribution in [0.1, 0.15) is 17.4 Å². The molecule has 0 radical (unpaired) electrons. The van der Waals surface area contributed by atoms with E-state index in [0.717, 1.165) is 11.1 Å². The number of benzene rings is 2. The molecule has 0 saturated carbocycles. The van der Waals surface area contributed by atoms with Crippen LogP contribution in [-0.4, -0.2) is 10.9 Å². The summed E-state index contributed by atoms with van der Waals surface area (Å²) in [6.45, 7) is 0. The van der Waals surface area contributed by atoms with E-state index in [1.807, 2.05) is 18.2 Å². The maximum absolute atomic E-state index is 9.74. The maximum atomic E-state index is 9.74. The first-order valence-electron chi connectivity index (χ1n) is 5.98. The molecule has 4 nitrogen and oxygen atoms in total. The normalized spacial score (nSPS) is 17.5. The second-order valence-electron chi connectivity index (χ2n) is 4.36. The molecule has 1 aliphatic rings. The highest BCUT2D eigenvalue weighted by Crippen LogP contribution is 2.37. The predicted octanol–water partition coefficient (Wildman–Crippen LogP) is 4.55. The molecular weight excluding hydrogens is 423 g/mol. The van der Waals surface area contributed by atoms with Gasteiger partial charge in [0.05, 0.1) is 14.0 Å². The maximum Gasteiger partial charge on any atom is 0.202 e. The van der Waals surface area contributed by atoms with Gasteiger partial charge in [0, 0.05) is 11.1 Å². The molecule has 2 aromatic rings. The molecule has 0 bridgehead atoms. The number of nitrogens with zero attached hydrogens (tertiary/aromatic N) is 1. The van der Waals surface area contributed by atoms with Crippen LogP contribution >= 0.6 is 43.5 Å². The van der Waals surface area contributed by atoms with E-state index in [9.17, 15) is 5.11 Å². The molecule has 21 heavy (non-hydrogen) atoms. The number of halogens is 3. The van der Waals surface area contributed by atoms with Crippen LogP contribution in [-0.2, 0) is 4.84 Å². The molecule has 0 fully saturated rings. The van der Waals surface area contributed by atoms with Crippen molar-refractivity contribution in [3.8, 4) is 5.75 Å². The lowest BCUT2D eigenvalue weighted by Gasteiger charge is -2.09. The molecule has 2 N–H and O–H groups in total. The summed E-state index contributed by atoms with van der Waals surface area (Å²) in [5.74, 6) is 0.714. The van der Waals surface area contributed by atoms with Gasteiger partial charge in [-0.3, -0.25) is 0 Å². The van der Waals surface area contributed by atoms with Gasteiger partial charge in [0.2, 0.25) is 6.23 Å². The van der Waals surface area contributed by atoms with Gasteiger partial charge >= 0.3 is 0 Å². The van der Waals surface area contributed by atoms with Crippen LogP contribution in [0.15, 0.2) is 50.3 Å². The molecule has 2 aromatic carbocycles. The van der Waals surface area contributed by atoms with Crippen molar-refractivity contribution < 1.29 is 9.94 Å². The number of amidine groups is 1. The molecule has 3 rings (SSSR count). The summed E-state index contributed by atoms with van der Waals surface area (Å²) >= 11 is 12.7. The minimum Gasteiger partial charge on any atom is -0.506 e. The van der Waals surface area contributed by atoms with Crippen molar-refractivity contribution in [1.29, 1.82) is 0 Å². The first-order valence-corrected chi connectivity index (χ1v) is 7.95. The van der Waals surface area contributed by atoms with Gasteiger partial charge in [-0.15, -0.1) is 0 Å². The zero-order valence-corrected chi connectivity index (χ0v) is 14.4. The Hall–Kier alpha value is -1.08. The topological polar surface area (TPSA) is 53.9 Å². The van der Waals surface area contributed by atoms with Gasteiger partial charge in [0.25, 0.3) is 0 Å². The molecule has 0 aliphatic carbocycles. The van der Waals surface area contributed by atoms with Gasteiger partial charge in [-0.1, -0.05) is 23.7 Å². The summed E-state index contributed by atoms with van der Waals surface area (Å²) in [7, 11) is 0. The molecule has 1 atom stereocenters. The highest BCUT2D eigenvalue weighted by molar-refractivity contribution is 9.11. The van der Waals surface area contributed by atoms with Crippen LogP contribution in [0.4, 0.5) is 0 Å². The second-order valence-corrected chi connectivity index (χ2v) is 6.48. The average Bonchev–Trinajstić information content (AvgIpc) is 2.94. The predicted molar refractivity (Wildman–Crippen MR) is 88.5 cm³/mol. The van der Waals surface area contributed by atoms with E-state index in [4.69, 9.17) is 16.4 Å². The van der Waals surface area contributed by atoms with Gasteiger partial charge < -0.3 is 5.11 Å². The molecule has 1 aliphatic heterocycles. The molecule has 7 heteroatoms. The number of rotatable bonds is 2. The van der Waals surface area contributed by atoms with Crippen molar-refractivity contribution in [2.75, 3.05) is 0 Å². The second kappa shape index (κ2) is 5.96. The molecule has 108 valence electrons. The van der Waals surface area contributed by atoms with E-state index < -0.39 is 6.23 Å². The van der Waals surface area contributed by atoms with Crippen molar-refractivity contribution in [2.24, 2.45) is 4.99 Å². The van der Waals surface area contributed by atoms with Gasteiger partial charge in [-0.05, 0) is 56.1 Å². The Kier molecular flexibility index (Phi) is 4.21. The summed E-state index contributed by atoms with van der Waals surface area (Å²) in [5, 5.41) is 10.3. The van der Waals surface area contributed by atoms with E-state index in [-0.39, 0.29) is 5.75 Å². The van der Waals surface area contributed by atoms with E-state index in [0.29, 0.717) is 19.8 Å². The van der Waals surface area contributed by atoms with Crippen LogP contribution in [0.25, 0.3) is 0 Å². The fourth-order valence-corrected chi connectivity index (χ4v) is 3.38. The fourth-order valence-electron chi connectivity index (χ4n) is 1.93. The number of aromatic hydroxyl groups is 1. The van der Waals surface area contributed by atoms with Crippen LogP contribution < -0.4 is 5.48 Å². The van der Waals surface area contributed by atoms with E-state index in [1.165, 1.54) is 0 Å². The van der Waals surface area contributed by atoms with E-state index in [1.54, 1.807) is 18.2 Å². The summed E-state index contributed by atoms with van der Waals surface area (Å²) in [6, 6.07) is 10.9. The van der Waals surface area contributed by atoms with Crippen LogP contribution in [0.2, 0.25) is 5.02 Å². The summed E-state index contributed by atoms with van der Waals surface area (Å²) in [4.78, 5) is 9.95. The number of phenols is 1. The molecule has 0 saturated heterocycles. The summed E-state index contributed by atoms with van der Waals surface area (Å²) in [5.41, 5.74) is 4.36. The van der Waals surface area contributed by atoms with Crippen molar-refractivity contribution >= 4 is 49.3 Å². The minimum atomic E-state index is -0.510. The van der Waals surface area contributed by atoms with Gasteiger partial charge in [-0.25, -0.2) is 15.3 Å². The lowest BCUT2D eigenvalue weighted by atomic mass is 10.2. The largest absolute Gasteiger partial charge is 0.506 e. The quantitative estimate of drug-likeness (QED) is 0.732. The third-order valence-electron chi connectivity index (χ3n) is 2.97. The Bertz CT molecular complexity index is 714. The average molecular weight is 432 g/mol. The molecule has 0 amide bonds. The van der Waals surface area contributed by atoms with Crippen molar-refractivity contribution in [3.05, 3.63) is 61.5 Å². The number of hydroxylamine groups is 1. The van der Waals surface area contributed by atoms with Crippen molar-refractivity contribution in [2.45, 2.75) is 6.23 Å². The van der Waals surface area contributed by atoms with Gasteiger partial charge in [0.1, 0.15) is 5.75 Å². The first kappa shape index (κ1) is 14.8. The smallest absolute Gasteiger partial charge is 0.202 e. The Morgan fingerprint density at radius 2 is 1.86 bits per heavy atom. The first-order chi connectivity index (χ1) is 10.1. The van der Waals surface area contributed by atoms with Crippen molar-refractivity contribution in [3.63, 3.8) is 0 Å². The highest BCUT2D eigenvalue weighted by atomic mass is 79.9. The van der Waals surface area contributed by atoms with Crippen molar-refractivity contribution in [1.82, 2.24) is 5.48 Å².